The second kappa shape index (κ2) is 13.9. The third-order valence-corrected chi connectivity index (χ3v) is 14.2. The van der Waals surface area contributed by atoms with Gasteiger partial charge in [-0.2, -0.15) is 5.26 Å². The van der Waals surface area contributed by atoms with Crippen LogP contribution in [0.3, 0.4) is 0 Å². The maximum atomic E-state index is 14.9. The molecule has 4 bridgehead atoms. The van der Waals surface area contributed by atoms with Crippen molar-refractivity contribution in [3.05, 3.63) is 62.7 Å². The summed E-state index contributed by atoms with van der Waals surface area (Å²) in [6, 6.07) is 5.88. The zero-order valence-electron chi connectivity index (χ0n) is 33.0. The van der Waals surface area contributed by atoms with Crippen LogP contribution >= 0.6 is 11.8 Å². The fraction of sp³-hybridized carbons (Fsp3) is 0.500. The quantitative estimate of drug-likeness (QED) is 0.270. The molecule has 7 aliphatic rings. The van der Waals surface area contributed by atoms with Crippen molar-refractivity contribution in [2.24, 2.45) is 0 Å². The van der Waals surface area contributed by atoms with E-state index in [0.29, 0.717) is 77.2 Å². The molecule has 3 aromatic rings. The van der Waals surface area contributed by atoms with E-state index in [1.54, 1.807) is 14.2 Å². The van der Waals surface area contributed by atoms with Crippen LogP contribution in [0.1, 0.15) is 75.7 Å². The molecule has 0 amide bonds. The summed E-state index contributed by atoms with van der Waals surface area (Å²) in [6.07, 6.45) is 1.15. The maximum absolute atomic E-state index is 14.9. The molecule has 15 heteroatoms. The van der Waals surface area contributed by atoms with Crippen molar-refractivity contribution in [3.8, 4) is 46.3 Å². The summed E-state index contributed by atoms with van der Waals surface area (Å²) in [5.41, 5.74) is 4.82. The average Bonchev–Trinajstić information content (AvgIpc) is 3.68. The lowest BCUT2D eigenvalue weighted by Crippen LogP contribution is -2.69. The van der Waals surface area contributed by atoms with Crippen LogP contribution in [-0.4, -0.2) is 98.5 Å². The molecule has 0 saturated carbocycles. The first kappa shape index (κ1) is 37.7. The van der Waals surface area contributed by atoms with Crippen molar-refractivity contribution < 1.29 is 47.9 Å². The minimum Gasteiger partial charge on any atom is -0.504 e. The second-order valence-electron chi connectivity index (χ2n) is 15.5. The van der Waals surface area contributed by atoms with E-state index < -0.39 is 46.9 Å². The first-order valence-corrected chi connectivity index (χ1v) is 20.3. The normalized spacial score (nSPS) is 28.3. The molecule has 57 heavy (non-hydrogen) atoms. The Morgan fingerprint density at radius 2 is 1.86 bits per heavy atom. The predicted octanol–water partition coefficient (Wildman–Crippen LogP) is 4.68. The summed E-state index contributed by atoms with van der Waals surface area (Å²) in [4.78, 5) is 32.3. The van der Waals surface area contributed by atoms with Crippen LogP contribution in [0.5, 0.6) is 40.2 Å². The minimum atomic E-state index is -1.31. The van der Waals surface area contributed by atoms with Crippen LogP contribution in [0.2, 0.25) is 0 Å². The first-order valence-electron chi connectivity index (χ1n) is 19.3. The monoisotopic (exact) mass is 798 g/mol. The van der Waals surface area contributed by atoms with Gasteiger partial charge in [0.2, 0.25) is 6.79 Å². The summed E-state index contributed by atoms with van der Waals surface area (Å²) < 4.78 is 42.5. The number of methoxy groups -OCH3 is 2. The molecule has 2 N–H and O–H groups in total. The second-order valence-corrected chi connectivity index (χ2v) is 16.6. The number of thioether (sulfide) groups is 1. The fourth-order valence-electron chi connectivity index (χ4n) is 10.4. The highest BCUT2D eigenvalue weighted by Crippen LogP contribution is 2.64. The third kappa shape index (κ3) is 5.33. The van der Waals surface area contributed by atoms with Gasteiger partial charge in [0.15, 0.2) is 40.0 Å². The number of phenols is 1. The number of likely N-dealkylation sites (N-methyl/N-ethyl adjacent to an activating group) is 1. The van der Waals surface area contributed by atoms with Gasteiger partial charge in [-0.1, -0.05) is 6.07 Å². The lowest BCUT2D eigenvalue weighted by Gasteiger charge is -2.62. The van der Waals surface area contributed by atoms with E-state index in [1.165, 1.54) is 18.7 Å². The average molecular weight is 799 g/mol. The Kier molecular flexibility index (Phi) is 9.19. The highest BCUT2D eigenvalue weighted by Gasteiger charge is 2.62. The number of rotatable bonds is 5. The van der Waals surface area contributed by atoms with Gasteiger partial charge in [-0.25, -0.2) is 4.79 Å². The van der Waals surface area contributed by atoms with Crippen LogP contribution in [-0.2, 0) is 32.7 Å². The first-order chi connectivity index (χ1) is 27.5. The van der Waals surface area contributed by atoms with Gasteiger partial charge < -0.3 is 38.3 Å². The Balaban J connectivity index is 1.32. The molecule has 1 unspecified atom stereocenters. The number of aryl methyl sites for hydroxylation is 1. The summed E-state index contributed by atoms with van der Waals surface area (Å²) >= 11 is 1.52. The number of ether oxygens (including phenoxy) is 7. The number of hydrogen-bond acceptors (Lipinski definition) is 15. The number of nitriles is 1. The molecule has 1 spiro atoms. The lowest BCUT2D eigenvalue weighted by molar-refractivity contribution is -0.157. The zero-order chi connectivity index (χ0) is 40.1. The van der Waals surface area contributed by atoms with Gasteiger partial charge in [0, 0.05) is 53.6 Å². The number of esters is 2. The molecule has 10 rings (SSSR count). The van der Waals surface area contributed by atoms with E-state index in [0.717, 1.165) is 27.8 Å². The predicted molar refractivity (Wildman–Crippen MR) is 207 cm³/mol. The van der Waals surface area contributed by atoms with Crippen LogP contribution in [0.25, 0.3) is 0 Å². The van der Waals surface area contributed by atoms with Gasteiger partial charge in [0.05, 0.1) is 44.2 Å². The van der Waals surface area contributed by atoms with Crippen molar-refractivity contribution in [2.45, 2.75) is 81.5 Å². The van der Waals surface area contributed by atoms with Crippen LogP contribution in [0.4, 0.5) is 0 Å². The Hall–Kier alpha value is -4.88. The van der Waals surface area contributed by atoms with Crippen molar-refractivity contribution in [3.63, 3.8) is 0 Å². The Morgan fingerprint density at radius 3 is 2.58 bits per heavy atom. The Labute approximate surface area is 335 Å². The van der Waals surface area contributed by atoms with E-state index in [2.05, 4.69) is 27.3 Å². The standard InChI is InChI=1S/C42H46N4O10S/c1-8-52-29-13-22-9-10-44-42(24(22)14-28(29)50-6)17-57-40-32-31(39-38(54-18-55-39)20(3)37(32)56-21(4)47)27(16-53-41(42)49)46-26(15-43)25-12-23-11-19(2)36(51-7)35(48)30(23)33(34(40)46)45(25)5/h11,13-14,25-27,33-34,40,44,48H,8-10,12,16-18H2,1-7H3/t25-,26-,27-,33+,34?,40+,42+/m0/s1. The molecule has 0 aromatic heterocycles. The van der Waals surface area contributed by atoms with Gasteiger partial charge in [-0.3, -0.25) is 19.9 Å². The van der Waals surface area contributed by atoms with Crippen molar-refractivity contribution >= 4 is 23.7 Å². The Morgan fingerprint density at radius 1 is 1.07 bits per heavy atom. The molecule has 3 aromatic carbocycles. The molecule has 0 radical (unpaired) electrons. The van der Waals surface area contributed by atoms with Gasteiger partial charge in [0.1, 0.15) is 18.4 Å². The van der Waals surface area contributed by atoms with Crippen LogP contribution in [0, 0.1) is 25.2 Å². The molecule has 300 valence electrons. The number of phenolic OH excluding ortho intramolecular Hbond substituents is 1. The number of carbonyl (C=O) groups excluding carboxylic acids is 2. The van der Waals surface area contributed by atoms with Crippen molar-refractivity contribution in [2.75, 3.05) is 53.6 Å². The molecule has 7 atom stereocenters. The van der Waals surface area contributed by atoms with E-state index in [9.17, 15) is 20.0 Å². The summed E-state index contributed by atoms with van der Waals surface area (Å²) in [5.74, 6) is 2.06. The number of hydrogen-bond donors (Lipinski definition) is 2. The molecule has 7 aliphatic heterocycles. The SMILES string of the molecule is CCOc1cc2c(cc1OC)[C@@]1(CS[C@@H]3c4c(OC(C)=O)c(C)c5c(c4[C@H](COC1=O)N1C3[C@H]3c4c(cc(C)c(OC)c4O)C[C@@H]([C@@H]1C#N)N3C)OCO5)NCC2. The third-order valence-electron chi connectivity index (χ3n) is 12.7. The summed E-state index contributed by atoms with van der Waals surface area (Å²) in [6.45, 7) is 7.78. The summed E-state index contributed by atoms with van der Waals surface area (Å²) in [7, 11) is 5.13. The number of nitrogens with zero attached hydrogens (tertiary/aromatic N) is 3. The smallest absolute Gasteiger partial charge is 0.331 e. The molecule has 7 heterocycles. The van der Waals surface area contributed by atoms with Crippen molar-refractivity contribution in [1.29, 1.82) is 5.26 Å². The number of aromatic hydroxyl groups is 1. The highest BCUT2D eigenvalue weighted by atomic mass is 32.2. The van der Waals surface area contributed by atoms with E-state index in [-0.39, 0.29) is 30.9 Å². The van der Waals surface area contributed by atoms with Gasteiger partial charge in [-0.05, 0) is 75.0 Å². The number of fused-ring (bicyclic) bond motifs is 9. The molecule has 14 nitrogen and oxygen atoms in total. The van der Waals surface area contributed by atoms with Gasteiger partial charge >= 0.3 is 11.9 Å². The Bertz CT molecular complexity index is 2260. The number of piperazine rings is 1. The number of carbonyl (C=O) groups is 2. The van der Waals surface area contributed by atoms with E-state index in [1.807, 2.05) is 40.0 Å². The number of nitrogens with one attached hydrogen (secondary N) is 1. The number of benzene rings is 3. The van der Waals surface area contributed by atoms with Crippen LogP contribution in [0.15, 0.2) is 18.2 Å². The molecular formula is C42H46N4O10S. The summed E-state index contributed by atoms with van der Waals surface area (Å²) in [5, 5.41) is 26.3. The maximum Gasteiger partial charge on any atom is 0.331 e. The highest BCUT2D eigenvalue weighted by molar-refractivity contribution is 7.99. The molecular weight excluding hydrogens is 753 g/mol. The molecule has 2 saturated heterocycles. The van der Waals surface area contributed by atoms with E-state index in [4.69, 9.17) is 33.2 Å². The lowest BCUT2D eigenvalue weighted by atomic mass is 9.71. The molecule has 2 fully saturated rings. The minimum absolute atomic E-state index is 0.0503. The van der Waals surface area contributed by atoms with Gasteiger partial charge in [0.25, 0.3) is 0 Å². The fourth-order valence-corrected chi connectivity index (χ4v) is 12.1. The van der Waals surface area contributed by atoms with Crippen LogP contribution < -0.4 is 33.7 Å². The zero-order valence-corrected chi connectivity index (χ0v) is 33.8. The topological polar surface area (TPSA) is 161 Å². The largest absolute Gasteiger partial charge is 0.504 e. The van der Waals surface area contributed by atoms with Gasteiger partial charge in [-0.15, -0.1) is 11.8 Å². The van der Waals surface area contributed by atoms with Crippen molar-refractivity contribution in [1.82, 2.24) is 15.1 Å². The molecule has 0 aliphatic carbocycles. The van der Waals surface area contributed by atoms with E-state index >= 15 is 0 Å².